The van der Waals surface area contributed by atoms with Crippen LogP contribution in [0.25, 0.3) is 21.3 Å². The molecule has 0 unspecified atom stereocenters. The van der Waals surface area contributed by atoms with E-state index in [1.54, 1.807) is 37.4 Å². The molecule has 0 saturated carbocycles. The molecule has 1 aliphatic rings. The van der Waals surface area contributed by atoms with Crippen molar-refractivity contribution in [1.29, 1.82) is 0 Å². The van der Waals surface area contributed by atoms with Gasteiger partial charge in [0.15, 0.2) is 5.13 Å². The van der Waals surface area contributed by atoms with Gasteiger partial charge < -0.3 is 10.6 Å². The first-order valence-corrected chi connectivity index (χ1v) is 15.6. The van der Waals surface area contributed by atoms with Gasteiger partial charge in [0.2, 0.25) is 15.9 Å². The van der Waals surface area contributed by atoms with Gasteiger partial charge in [-0.1, -0.05) is 17.4 Å². The number of amides is 3. The van der Waals surface area contributed by atoms with E-state index in [1.165, 1.54) is 24.4 Å². The number of nitrogens with two attached hydrogens (primary N) is 1. The molecule has 0 radical (unpaired) electrons. The fourth-order valence-corrected chi connectivity index (χ4v) is 7.09. The Hall–Kier alpha value is -4.15. The Morgan fingerprint density at radius 2 is 1.84 bits per heavy atom. The van der Waals surface area contributed by atoms with Gasteiger partial charge in [0.25, 0.3) is 0 Å². The number of thiazole rings is 1. The molecule has 232 valence electrons. The number of hydrogen-bond acceptors (Lipinski definition) is 8. The average Bonchev–Trinajstić information content (AvgIpc) is 3.55. The van der Waals surface area contributed by atoms with Crippen LogP contribution in [0.2, 0.25) is 0 Å². The lowest BCUT2D eigenvalue weighted by Gasteiger charge is -2.27. The van der Waals surface area contributed by atoms with Gasteiger partial charge in [0.05, 0.1) is 26.7 Å². The number of carbonyl (C=O) groups excluding carboxylic acids is 2. The van der Waals surface area contributed by atoms with Crippen molar-refractivity contribution in [3.8, 4) is 10.4 Å². The van der Waals surface area contributed by atoms with E-state index in [9.17, 15) is 31.2 Å². The number of likely N-dealkylation sites (tertiary alicyclic amines) is 1. The SMILES string of the molecule is Cc1nc(NC(=O)N2C[C@H](NS(=O)(=O)c3ccc4ncccc4c3)C[C@H]2C(N)=O)sc1-c1ccnc(C(C)(C)C(F)(F)F)c1. The number of aromatic nitrogens is 3. The summed E-state index contributed by atoms with van der Waals surface area (Å²) >= 11 is 1.03. The summed E-state index contributed by atoms with van der Waals surface area (Å²) in [6.07, 6.45) is -1.69. The molecule has 44 heavy (non-hydrogen) atoms. The van der Waals surface area contributed by atoms with E-state index >= 15 is 0 Å². The van der Waals surface area contributed by atoms with Gasteiger partial charge in [-0.25, -0.2) is 22.9 Å². The first-order valence-electron chi connectivity index (χ1n) is 13.3. The first kappa shape index (κ1) is 31.3. The van der Waals surface area contributed by atoms with Crippen LogP contribution in [0.3, 0.4) is 0 Å². The third-order valence-corrected chi connectivity index (χ3v) is 10.1. The first-order chi connectivity index (χ1) is 20.6. The van der Waals surface area contributed by atoms with Crippen molar-refractivity contribution in [2.24, 2.45) is 5.73 Å². The second kappa shape index (κ2) is 11.4. The Morgan fingerprint density at radius 1 is 1.09 bits per heavy atom. The highest BCUT2D eigenvalue weighted by Crippen LogP contribution is 2.41. The van der Waals surface area contributed by atoms with Gasteiger partial charge >= 0.3 is 12.2 Å². The van der Waals surface area contributed by atoms with Crippen LogP contribution in [-0.2, 0) is 20.2 Å². The zero-order chi connectivity index (χ0) is 32.0. The van der Waals surface area contributed by atoms with E-state index in [2.05, 4.69) is 25.0 Å². The summed E-state index contributed by atoms with van der Waals surface area (Å²) in [6.45, 7) is 3.59. The lowest BCUT2D eigenvalue weighted by Crippen LogP contribution is -2.46. The zero-order valence-corrected chi connectivity index (χ0v) is 25.3. The normalized spacial score (nSPS) is 17.6. The third kappa shape index (κ3) is 6.09. The molecule has 2 atom stereocenters. The van der Waals surface area contributed by atoms with Crippen molar-refractivity contribution >= 4 is 49.3 Å². The molecule has 1 fully saturated rings. The fraction of sp³-hybridized carbons (Fsp3) is 0.321. The second-order valence-electron chi connectivity index (χ2n) is 10.9. The van der Waals surface area contributed by atoms with Crippen LogP contribution in [0.15, 0.2) is 59.8 Å². The van der Waals surface area contributed by atoms with E-state index in [0.717, 1.165) is 30.1 Å². The van der Waals surface area contributed by atoms with Crippen molar-refractivity contribution in [2.45, 2.75) is 55.8 Å². The van der Waals surface area contributed by atoms with E-state index in [-0.39, 0.29) is 28.7 Å². The molecule has 4 heterocycles. The van der Waals surface area contributed by atoms with E-state index in [0.29, 0.717) is 27.0 Å². The van der Waals surface area contributed by atoms with Crippen LogP contribution in [-0.4, -0.2) is 65.0 Å². The predicted molar refractivity (Wildman–Crippen MR) is 158 cm³/mol. The molecule has 1 aromatic carbocycles. The van der Waals surface area contributed by atoms with Crippen LogP contribution in [0.1, 0.15) is 31.7 Å². The van der Waals surface area contributed by atoms with Crippen molar-refractivity contribution in [1.82, 2.24) is 24.6 Å². The topological polar surface area (TPSA) is 160 Å². The van der Waals surface area contributed by atoms with Crippen molar-refractivity contribution < 1.29 is 31.2 Å². The van der Waals surface area contributed by atoms with Crippen LogP contribution in [0.4, 0.5) is 23.1 Å². The molecule has 5 rings (SSSR count). The molecule has 1 aliphatic heterocycles. The number of sulfonamides is 1. The molecule has 4 N–H and O–H groups in total. The van der Waals surface area contributed by atoms with Gasteiger partial charge in [0.1, 0.15) is 11.5 Å². The van der Waals surface area contributed by atoms with Crippen LogP contribution >= 0.6 is 11.3 Å². The average molecular weight is 648 g/mol. The van der Waals surface area contributed by atoms with Crippen molar-refractivity contribution in [2.75, 3.05) is 11.9 Å². The van der Waals surface area contributed by atoms with Crippen molar-refractivity contribution in [3.63, 3.8) is 0 Å². The zero-order valence-electron chi connectivity index (χ0n) is 23.7. The summed E-state index contributed by atoms with van der Waals surface area (Å²) in [6, 6.07) is 8.14. The summed E-state index contributed by atoms with van der Waals surface area (Å²) in [5, 5.41) is 3.37. The number of nitrogens with zero attached hydrogens (tertiary/aromatic N) is 4. The van der Waals surface area contributed by atoms with Crippen LogP contribution < -0.4 is 15.8 Å². The van der Waals surface area contributed by atoms with Gasteiger partial charge in [-0.05, 0) is 69.2 Å². The van der Waals surface area contributed by atoms with E-state index in [1.807, 2.05) is 0 Å². The number of rotatable bonds is 7. The summed E-state index contributed by atoms with van der Waals surface area (Å²) in [5.41, 5.74) is 4.72. The Morgan fingerprint density at radius 3 is 2.55 bits per heavy atom. The number of alkyl halides is 3. The standard InChI is InChI=1S/C28H28F3N7O4S2/c1-15-23(17-8-10-34-22(12-17)27(2,3)28(29,30)31)43-25(35-15)36-26(40)38-14-18(13-21(38)24(32)39)37-44(41,42)19-6-7-20-16(11-19)5-4-9-33-20/h4-12,18,21,37H,13-14H2,1-3H3,(H2,32,39)(H,35,36,40)/t18-,21+/m1/s1. The number of halogens is 3. The Kier molecular flexibility index (Phi) is 8.11. The molecule has 1 saturated heterocycles. The summed E-state index contributed by atoms with van der Waals surface area (Å²) in [4.78, 5) is 39.6. The highest BCUT2D eigenvalue weighted by Gasteiger charge is 2.49. The lowest BCUT2D eigenvalue weighted by molar-refractivity contribution is -0.181. The van der Waals surface area contributed by atoms with Crippen LogP contribution in [0, 0.1) is 6.92 Å². The monoisotopic (exact) mass is 647 g/mol. The van der Waals surface area contributed by atoms with Gasteiger partial charge in [-0.15, -0.1) is 0 Å². The maximum Gasteiger partial charge on any atom is 0.399 e. The minimum atomic E-state index is -4.52. The molecule has 11 nitrogen and oxygen atoms in total. The largest absolute Gasteiger partial charge is 0.399 e. The summed E-state index contributed by atoms with van der Waals surface area (Å²) in [7, 11) is -4.02. The van der Waals surface area contributed by atoms with E-state index < -0.39 is 45.6 Å². The van der Waals surface area contributed by atoms with Gasteiger partial charge in [-0.2, -0.15) is 13.2 Å². The molecule has 3 amide bonds. The van der Waals surface area contributed by atoms with Gasteiger partial charge in [-0.3, -0.25) is 20.1 Å². The molecular weight excluding hydrogens is 619 g/mol. The van der Waals surface area contributed by atoms with Crippen molar-refractivity contribution in [3.05, 3.63) is 66.2 Å². The lowest BCUT2D eigenvalue weighted by atomic mass is 9.87. The minimum Gasteiger partial charge on any atom is -0.368 e. The quantitative estimate of drug-likeness (QED) is 0.269. The minimum absolute atomic E-state index is 0.000192. The van der Waals surface area contributed by atoms with E-state index in [4.69, 9.17) is 5.73 Å². The third-order valence-electron chi connectivity index (χ3n) is 7.48. The molecule has 0 aliphatic carbocycles. The number of hydrogen-bond donors (Lipinski definition) is 3. The predicted octanol–water partition coefficient (Wildman–Crippen LogP) is 4.34. The maximum absolute atomic E-state index is 13.6. The Labute approximate surface area is 254 Å². The summed E-state index contributed by atoms with van der Waals surface area (Å²) < 4.78 is 69.7. The number of primary amides is 1. The molecule has 0 bridgehead atoms. The maximum atomic E-state index is 13.6. The molecule has 0 spiro atoms. The summed E-state index contributed by atoms with van der Waals surface area (Å²) in [5.74, 6) is -0.814. The second-order valence-corrected chi connectivity index (χ2v) is 13.6. The Balaban J connectivity index is 1.32. The number of nitrogens with one attached hydrogen (secondary N) is 2. The molecular formula is C28H28F3N7O4S2. The molecule has 4 aromatic rings. The number of anilines is 1. The number of aryl methyl sites for hydroxylation is 1. The van der Waals surface area contributed by atoms with Crippen LogP contribution in [0.5, 0.6) is 0 Å². The number of carbonyl (C=O) groups is 2. The number of urea groups is 1. The number of benzene rings is 1. The molecule has 3 aromatic heterocycles. The van der Waals surface area contributed by atoms with Gasteiger partial charge in [0, 0.05) is 30.4 Å². The highest BCUT2D eigenvalue weighted by molar-refractivity contribution is 7.89. The highest BCUT2D eigenvalue weighted by atomic mass is 32.2. The smallest absolute Gasteiger partial charge is 0.368 e. The Bertz CT molecular complexity index is 1860. The number of pyridine rings is 2. The molecule has 16 heteroatoms. The number of fused-ring (bicyclic) bond motifs is 1. The fourth-order valence-electron chi connectivity index (χ4n) is 4.86.